The van der Waals surface area contributed by atoms with Gasteiger partial charge in [0, 0.05) is 6.42 Å². The molecular formula is C16H24N2O. The van der Waals surface area contributed by atoms with Crippen LogP contribution in [0.5, 0.6) is 0 Å². The van der Waals surface area contributed by atoms with Crippen LogP contribution in [-0.2, 0) is 0 Å². The molecule has 1 aromatic heterocycles. The Balaban J connectivity index is 1.55. The van der Waals surface area contributed by atoms with Gasteiger partial charge < -0.3 is 4.98 Å². The SMILES string of the molecule is O=C(CCC=CCCC1CCCCC1)c1cnc[nH]1. The lowest BCUT2D eigenvalue weighted by molar-refractivity contribution is 0.0979. The molecular weight excluding hydrogens is 236 g/mol. The fourth-order valence-electron chi connectivity index (χ4n) is 2.80. The number of nitrogens with zero attached hydrogens (tertiary/aromatic N) is 1. The fraction of sp³-hybridized carbons (Fsp3) is 0.625. The van der Waals surface area contributed by atoms with Crippen molar-refractivity contribution in [2.75, 3.05) is 0 Å². The van der Waals surface area contributed by atoms with Crippen molar-refractivity contribution < 1.29 is 4.79 Å². The van der Waals surface area contributed by atoms with E-state index < -0.39 is 0 Å². The molecule has 3 heteroatoms. The molecule has 1 aliphatic carbocycles. The van der Waals surface area contributed by atoms with Crippen molar-refractivity contribution in [3.05, 3.63) is 30.4 Å². The smallest absolute Gasteiger partial charge is 0.180 e. The molecule has 0 radical (unpaired) electrons. The van der Waals surface area contributed by atoms with E-state index in [4.69, 9.17) is 0 Å². The zero-order valence-electron chi connectivity index (χ0n) is 11.6. The van der Waals surface area contributed by atoms with Gasteiger partial charge in [0.05, 0.1) is 12.5 Å². The van der Waals surface area contributed by atoms with Crippen molar-refractivity contribution >= 4 is 5.78 Å². The van der Waals surface area contributed by atoms with Crippen molar-refractivity contribution in [1.82, 2.24) is 9.97 Å². The molecule has 0 bridgehead atoms. The van der Waals surface area contributed by atoms with Crippen molar-refractivity contribution in [2.24, 2.45) is 5.92 Å². The summed E-state index contributed by atoms with van der Waals surface area (Å²) < 4.78 is 0. The molecule has 104 valence electrons. The van der Waals surface area contributed by atoms with Crippen LogP contribution in [0.2, 0.25) is 0 Å². The van der Waals surface area contributed by atoms with E-state index in [1.165, 1.54) is 44.9 Å². The second-order valence-corrected chi connectivity index (χ2v) is 5.48. The van der Waals surface area contributed by atoms with E-state index in [2.05, 4.69) is 22.1 Å². The molecule has 1 aliphatic rings. The first-order valence-corrected chi connectivity index (χ1v) is 7.53. The molecule has 0 atom stereocenters. The summed E-state index contributed by atoms with van der Waals surface area (Å²) in [5.74, 6) is 1.10. The average Bonchev–Trinajstić information content (AvgIpc) is 2.98. The topological polar surface area (TPSA) is 45.8 Å². The Kier molecular flexibility index (Phi) is 5.86. The van der Waals surface area contributed by atoms with Gasteiger partial charge in [0.15, 0.2) is 5.78 Å². The summed E-state index contributed by atoms with van der Waals surface area (Å²) in [5.41, 5.74) is 0.621. The molecule has 3 nitrogen and oxygen atoms in total. The molecule has 0 amide bonds. The van der Waals surface area contributed by atoms with Crippen LogP contribution in [-0.4, -0.2) is 15.8 Å². The predicted molar refractivity (Wildman–Crippen MR) is 77.1 cm³/mol. The van der Waals surface area contributed by atoms with E-state index in [1.807, 2.05) is 0 Å². The van der Waals surface area contributed by atoms with E-state index in [0.29, 0.717) is 12.1 Å². The third-order valence-corrected chi connectivity index (χ3v) is 3.97. The highest BCUT2D eigenvalue weighted by Crippen LogP contribution is 2.27. The Morgan fingerprint density at radius 1 is 1.26 bits per heavy atom. The molecule has 0 spiro atoms. The summed E-state index contributed by atoms with van der Waals surface area (Å²) in [6.45, 7) is 0. The predicted octanol–water partition coefficient (Wildman–Crippen LogP) is 4.29. The van der Waals surface area contributed by atoms with Gasteiger partial charge in [-0.1, -0.05) is 44.3 Å². The van der Waals surface area contributed by atoms with Crippen LogP contribution in [0.3, 0.4) is 0 Å². The van der Waals surface area contributed by atoms with Gasteiger partial charge in [-0.25, -0.2) is 4.98 Å². The summed E-state index contributed by atoms with van der Waals surface area (Å²) in [6, 6.07) is 0. The first kappa shape index (κ1) is 14.0. The molecule has 0 unspecified atom stereocenters. The molecule has 1 N–H and O–H groups in total. The van der Waals surface area contributed by atoms with Crippen LogP contribution in [0.25, 0.3) is 0 Å². The summed E-state index contributed by atoms with van der Waals surface area (Å²) in [7, 11) is 0. The molecule has 0 aromatic carbocycles. The number of imidazole rings is 1. The van der Waals surface area contributed by atoms with Gasteiger partial charge in [0.2, 0.25) is 0 Å². The highest BCUT2D eigenvalue weighted by atomic mass is 16.1. The van der Waals surface area contributed by atoms with Crippen molar-refractivity contribution in [1.29, 1.82) is 0 Å². The van der Waals surface area contributed by atoms with Crippen LogP contribution in [0.4, 0.5) is 0 Å². The number of hydrogen-bond donors (Lipinski definition) is 1. The number of hydrogen-bond acceptors (Lipinski definition) is 2. The second kappa shape index (κ2) is 7.93. The van der Waals surface area contributed by atoms with Gasteiger partial charge in [-0.05, 0) is 25.2 Å². The van der Waals surface area contributed by atoms with Crippen LogP contribution in [0.1, 0.15) is 68.3 Å². The number of carbonyl (C=O) groups is 1. The summed E-state index contributed by atoms with van der Waals surface area (Å²) in [5, 5.41) is 0. The molecule has 1 fully saturated rings. The second-order valence-electron chi connectivity index (χ2n) is 5.48. The maximum atomic E-state index is 11.7. The number of aromatic amines is 1. The Labute approximate surface area is 115 Å². The Bertz CT molecular complexity index is 389. The van der Waals surface area contributed by atoms with Crippen molar-refractivity contribution in [3.63, 3.8) is 0 Å². The highest BCUT2D eigenvalue weighted by Gasteiger charge is 2.11. The third kappa shape index (κ3) is 5.01. The van der Waals surface area contributed by atoms with Gasteiger partial charge in [-0.3, -0.25) is 4.79 Å². The van der Waals surface area contributed by atoms with Gasteiger partial charge in [-0.15, -0.1) is 0 Å². The van der Waals surface area contributed by atoms with Gasteiger partial charge in [0.1, 0.15) is 5.69 Å². The Hall–Kier alpha value is -1.38. The number of H-pyrrole nitrogens is 1. The van der Waals surface area contributed by atoms with Crippen molar-refractivity contribution in [3.8, 4) is 0 Å². The lowest BCUT2D eigenvalue weighted by atomic mass is 9.86. The Morgan fingerprint density at radius 3 is 2.79 bits per heavy atom. The first-order chi connectivity index (χ1) is 9.36. The molecule has 1 heterocycles. The number of rotatable bonds is 7. The molecule has 1 aromatic rings. The maximum Gasteiger partial charge on any atom is 0.180 e. The summed E-state index contributed by atoms with van der Waals surface area (Å²) in [6.07, 6.45) is 18.6. The monoisotopic (exact) mass is 260 g/mol. The van der Waals surface area contributed by atoms with Crippen molar-refractivity contribution in [2.45, 2.75) is 57.8 Å². The molecule has 19 heavy (non-hydrogen) atoms. The molecule has 0 saturated heterocycles. The fourth-order valence-corrected chi connectivity index (χ4v) is 2.80. The van der Waals surface area contributed by atoms with Gasteiger partial charge in [0.25, 0.3) is 0 Å². The van der Waals surface area contributed by atoms with E-state index in [0.717, 1.165) is 12.3 Å². The zero-order valence-corrected chi connectivity index (χ0v) is 11.6. The lowest BCUT2D eigenvalue weighted by Crippen LogP contribution is -2.05. The van der Waals surface area contributed by atoms with Gasteiger partial charge >= 0.3 is 0 Å². The number of allylic oxidation sites excluding steroid dienone is 2. The first-order valence-electron chi connectivity index (χ1n) is 7.53. The standard InChI is InChI=1S/C16H24N2O/c19-16(15-12-17-13-18-15)11-7-2-1-4-8-14-9-5-3-6-10-14/h1-2,12-14H,3-11H2,(H,17,18). The maximum absolute atomic E-state index is 11.7. The number of ketones is 1. The van der Waals surface area contributed by atoms with Crippen LogP contribution in [0, 0.1) is 5.92 Å². The summed E-state index contributed by atoms with van der Waals surface area (Å²) >= 11 is 0. The van der Waals surface area contributed by atoms with E-state index in [9.17, 15) is 4.79 Å². The number of Topliss-reactive ketones (excluding diaryl/α,β-unsaturated/α-hetero) is 1. The summed E-state index contributed by atoms with van der Waals surface area (Å²) in [4.78, 5) is 18.4. The van der Waals surface area contributed by atoms with E-state index in [-0.39, 0.29) is 5.78 Å². The highest BCUT2D eigenvalue weighted by molar-refractivity contribution is 5.93. The van der Waals surface area contributed by atoms with Crippen LogP contribution < -0.4 is 0 Å². The number of carbonyl (C=O) groups excluding carboxylic acids is 1. The van der Waals surface area contributed by atoms with E-state index >= 15 is 0 Å². The largest absolute Gasteiger partial charge is 0.342 e. The average molecular weight is 260 g/mol. The number of aromatic nitrogens is 2. The number of nitrogens with one attached hydrogen (secondary N) is 1. The van der Waals surface area contributed by atoms with Crippen LogP contribution in [0.15, 0.2) is 24.7 Å². The minimum absolute atomic E-state index is 0.148. The third-order valence-electron chi connectivity index (χ3n) is 3.97. The normalized spacial score (nSPS) is 17.1. The van der Waals surface area contributed by atoms with E-state index in [1.54, 1.807) is 12.5 Å². The Morgan fingerprint density at radius 2 is 2.05 bits per heavy atom. The molecule has 1 saturated carbocycles. The molecule has 2 rings (SSSR count). The quantitative estimate of drug-likeness (QED) is 0.587. The van der Waals surface area contributed by atoms with Crippen LogP contribution >= 0.6 is 0 Å². The molecule has 0 aliphatic heterocycles. The lowest BCUT2D eigenvalue weighted by Gasteiger charge is -2.20. The minimum Gasteiger partial charge on any atom is -0.342 e. The zero-order chi connectivity index (χ0) is 13.3. The van der Waals surface area contributed by atoms with Gasteiger partial charge in [-0.2, -0.15) is 0 Å². The minimum atomic E-state index is 0.148.